The second kappa shape index (κ2) is 6.59. The number of benzene rings is 1. The van der Waals surface area contributed by atoms with Gasteiger partial charge in [-0.1, -0.05) is 25.2 Å². The van der Waals surface area contributed by atoms with Crippen LogP contribution in [0.4, 0.5) is 5.69 Å². The van der Waals surface area contributed by atoms with Crippen molar-refractivity contribution in [2.45, 2.75) is 36.8 Å². The Kier molecular flexibility index (Phi) is 5.07. The largest absolute Gasteiger partial charge is 0.389 e. The van der Waals surface area contributed by atoms with Crippen LogP contribution in [-0.2, 0) is 4.74 Å². The summed E-state index contributed by atoms with van der Waals surface area (Å²) in [6.45, 7) is 2.13. The first kappa shape index (κ1) is 14.6. The number of ether oxygens (including phenoxy) is 1. The standard InChI is InChI=1S/C14H20N2OS2/c1-3-19-12-6-4-5-11(13(12)14(15)18)16-9-7-10(8-9)17-2/h4-6,9-10,16H,3,7-8H2,1-2H3,(H2,15,18). The Morgan fingerprint density at radius 1 is 1.53 bits per heavy atom. The molecule has 3 nitrogen and oxygen atoms in total. The summed E-state index contributed by atoms with van der Waals surface area (Å²) in [7, 11) is 1.76. The van der Waals surface area contributed by atoms with Crippen molar-refractivity contribution in [1.29, 1.82) is 0 Å². The first-order chi connectivity index (χ1) is 9.15. The van der Waals surface area contributed by atoms with Crippen molar-refractivity contribution >= 4 is 34.7 Å². The minimum Gasteiger partial charge on any atom is -0.389 e. The first-order valence-electron chi connectivity index (χ1n) is 6.50. The Labute approximate surface area is 124 Å². The van der Waals surface area contributed by atoms with Crippen molar-refractivity contribution < 1.29 is 4.74 Å². The van der Waals surface area contributed by atoms with Crippen LogP contribution in [-0.4, -0.2) is 30.0 Å². The van der Waals surface area contributed by atoms with Gasteiger partial charge in [0.2, 0.25) is 0 Å². The summed E-state index contributed by atoms with van der Waals surface area (Å²) in [6.07, 6.45) is 2.47. The predicted molar refractivity (Wildman–Crippen MR) is 86.2 cm³/mol. The van der Waals surface area contributed by atoms with E-state index in [4.69, 9.17) is 22.7 Å². The Morgan fingerprint density at radius 3 is 2.84 bits per heavy atom. The van der Waals surface area contributed by atoms with E-state index in [-0.39, 0.29) is 0 Å². The Hall–Kier alpha value is -0.780. The molecule has 1 fully saturated rings. The lowest BCUT2D eigenvalue weighted by molar-refractivity contribution is 0.0328. The van der Waals surface area contributed by atoms with Gasteiger partial charge in [-0.25, -0.2) is 0 Å². The molecule has 1 saturated carbocycles. The van der Waals surface area contributed by atoms with E-state index >= 15 is 0 Å². The lowest BCUT2D eigenvalue weighted by atomic mass is 9.89. The molecule has 0 spiro atoms. The lowest BCUT2D eigenvalue weighted by Gasteiger charge is -2.36. The van der Waals surface area contributed by atoms with Crippen LogP contribution in [0.25, 0.3) is 0 Å². The van der Waals surface area contributed by atoms with Crippen LogP contribution >= 0.6 is 24.0 Å². The molecule has 0 bridgehead atoms. The topological polar surface area (TPSA) is 47.3 Å². The van der Waals surface area contributed by atoms with E-state index in [2.05, 4.69) is 24.4 Å². The summed E-state index contributed by atoms with van der Waals surface area (Å²) in [5.74, 6) is 1.01. The molecule has 5 heteroatoms. The first-order valence-corrected chi connectivity index (χ1v) is 7.90. The third-order valence-corrected chi connectivity index (χ3v) is 4.50. The molecule has 19 heavy (non-hydrogen) atoms. The molecule has 1 aliphatic rings. The normalized spacial score (nSPS) is 21.8. The molecule has 0 atom stereocenters. The fraction of sp³-hybridized carbons (Fsp3) is 0.500. The summed E-state index contributed by atoms with van der Waals surface area (Å²) in [6, 6.07) is 6.63. The van der Waals surface area contributed by atoms with Crippen molar-refractivity contribution in [3.63, 3.8) is 0 Å². The van der Waals surface area contributed by atoms with E-state index in [1.165, 1.54) is 0 Å². The van der Waals surface area contributed by atoms with Crippen LogP contribution in [0.3, 0.4) is 0 Å². The van der Waals surface area contributed by atoms with Gasteiger partial charge < -0.3 is 15.8 Å². The molecule has 0 aromatic heterocycles. The summed E-state index contributed by atoms with van der Waals surface area (Å²) in [5.41, 5.74) is 7.91. The molecule has 0 heterocycles. The molecule has 1 aliphatic carbocycles. The van der Waals surface area contributed by atoms with Crippen molar-refractivity contribution in [3.8, 4) is 0 Å². The van der Waals surface area contributed by atoms with Crippen molar-refractivity contribution in [3.05, 3.63) is 23.8 Å². The van der Waals surface area contributed by atoms with Gasteiger partial charge in [-0.05, 0) is 30.7 Å². The summed E-state index contributed by atoms with van der Waals surface area (Å²) in [4.78, 5) is 1.62. The fourth-order valence-corrected chi connectivity index (χ4v) is 3.41. The second-order valence-electron chi connectivity index (χ2n) is 4.65. The van der Waals surface area contributed by atoms with Gasteiger partial charge in [0.15, 0.2) is 0 Å². The van der Waals surface area contributed by atoms with Crippen molar-refractivity contribution in [1.82, 2.24) is 0 Å². The number of hydrogen-bond donors (Lipinski definition) is 2. The van der Waals surface area contributed by atoms with Crippen LogP contribution in [0.1, 0.15) is 25.3 Å². The van der Waals surface area contributed by atoms with E-state index in [1.54, 1.807) is 18.9 Å². The highest BCUT2D eigenvalue weighted by Gasteiger charge is 2.29. The lowest BCUT2D eigenvalue weighted by Crippen LogP contribution is -2.40. The molecule has 1 aromatic carbocycles. The van der Waals surface area contributed by atoms with Crippen molar-refractivity contribution in [2.75, 3.05) is 18.2 Å². The van der Waals surface area contributed by atoms with Gasteiger partial charge in [0, 0.05) is 29.3 Å². The van der Waals surface area contributed by atoms with Gasteiger partial charge in [-0.15, -0.1) is 11.8 Å². The average molecular weight is 296 g/mol. The van der Waals surface area contributed by atoms with E-state index < -0.39 is 0 Å². The molecule has 0 aliphatic heterocycles. The molecular formula is C14H20N2OS2. The molecule has 104 valence electrons. The van der Waals surface area contributed by atoms with Gasteiger partial charge in [-0.3, -0.25) is 0 Å². The van der Waals surface area contributed by atoms with Gasteiger partial charge in [0.1, 0.15) is 4.99 Å². The smallest absolute Gasteiger partial charge is 0.107 e. The second-order valence-corrected chi connectivity index (χ2v) is 6.39. The van der Waals surface area contributed by atoms with Crippen LogP contribution in [0.2, 0.25) is 0 Å². The fourth-order valence-electron chi connectivity index (χ4n) is 2.28. The molecule has 0 saturated heterocycles. The minimum atomic E-state index is 0.388. The summed E-state index contributed by atoms with van der Waals surface area (Å²) >= 11 is 6.97. The number of methoxy groups -OCH3 is 1. The molecule has 2 rings (SSSR count). The van der Waals surface area contributed by atoms with Gasteiger partial charge in [0.05, 0.1) is 6.10 Å². The monoisotopic (exact) mass is 296 g/mol. The maximum atomic E-state index is 5.89. The van der Waals surface area contributed by atoms with Crippen LogP contribution in [0, 0.1) is 0 Å². The number of nitrogens with one attached hydrogen (secondary N) is 1. The van der Waals surface area contributed by atoms with Crippen LogP contribution in [0.5, 0.6) is 0 Å². The summed E-state index contributed by atoms with van der Waals surface area (Å²) < 4.78 is 5.30. The maximum Gasteiger partial charge on any atom is 0.107 e. The van der Waals surface area contributed by atoms with E-state index in [9.17, 15) is 0 Å². The predicted octanol–water partition coefficient (Wildman–Crippen LogP) is 3.02. The number of anilines is 1. The molecule has 0 amide bonds. The maximum absolute atomic E-state index is 5.89. The number of nitrogens with two attached hydrogens (primary N) is 1. The van der Waals surface area contributed by atoms with Gasteiger partial charge >= 0.3 is 0 Å². The number of thioether (sulfide) groups is 1. The molecule has 1 aromatic rings. The number of thiocarbonyl (C=S) groups is 1. The van der Waals surface area contributed by atoms with Gasteiger partial charge in [-0.2, -0.15) is 0 Å². The Bertz CT molecular complexity index is 459. The third kappa shape index (κ3) is 3.41. The van der Waals surface area contributed by atoms with Gasteiger partial charge in [0.25, 0.3) is 0 Å². The third-order valence-electron chi connectivity index (χ3n) is 3.36. The van der Waals surface area contributed by atoms with Crippen LogP contribution < -0.4 is 11.1 Å². The highest BCUT2D eigenvalue weighted by Crippen LogP contribution is 2.32. The molecule has 3 N–H and O–H groups in total. The van der Waals surface area contributed by atoms with E-state index in [1.807, 2.05) is 6.07 Å². The number of rotatable bonds is 6. The Morgan fingerprint density at radius 2 is 2.26 bits per heavy atom. The zero-order valence-electron chi connectivity index (χ0n) is 11.3. The Balaban J connectivity index is 2.15. The minimum absolute atomic E-state index is 0.388. The SMILES string of the molecule is CCSc1cccc(NC2CC(OC)C2)c1C(N)=S. The van der Waals surface area contributed by atoms with E-state index in [0.29, 0.717) is 17.1 Å². The van der Waals surface area contributed by atoms with Crippen molar-refractivity contribution in [2.24, 2.45) is 5.73 Å². The average Bonchev–Trinajstić information content (AvgIpc) is 2.33. The molecule has 0 radical (unpaired) electrons. The summed E-state index contributed by atoms with van der Waals surface area (Å²) in [5, 5.41) is 3.53. The van der Waals surface area contributed by atoms with Crippen LogP contribution in [0.15, 0.2) is 23.1 Å². The highest BCUT2D eigenvalue weighted by molar-refractivity contribution is 7.99. The number of hydrogen-bond acceptors (Lipinski definition) is 4. The zero-order valence-corrected chi connectivity index (χ0v) is 12.9. The molecule has 0 unspecified atom stereocenters. The molecular weight excluding hydrogens is 276 g/mol. The quantitative estimate of drug-likeness (QED) is 0.624. The van der Waals surface area contributed by atoms with E-state index in [0.717, 1.165) is 34.7 Å². The zero-order chi connectivity index (χ0) is 13.8. The highest BCUT2D eigenvalue weighted by atomic mass is 32.2.